The van der Waals surface area contributed by atoms with Gasteiger partial charge in [-0.2, -0.15) is 8.42 Å². The fraction of sp³-hybridized carbons (Fsp3) is 0.971. The van der Waals surface area contributed by atoms with E-state index in [0.29, 0.717) is 36.5 Å². The lowest BCUT2D eigenvalue weighted by Crippen LogP contribution is -2.65. The predicted molar refractivity (Wildman–Crippen MR) is 344 cm³/mol. The van der Waals surface area contributed by atoms with E-state index in [1.807, 2.05) is 0 Å². The monoisotopic (exact) mass is 1260 g/mol. The van der Waals surface area contributed by atoms with E-state index in [9.17, 15) is 53.2 Å². The molecule has 0 bridgehead atoms. The predicted octanol–water partition coefficient (Wildman–Crippen LogP) is 14.2. The summed E-state index contributed by atoms with van der Waals surface area (Å²) in [5, 5.41) is 64.4. The molecule has 2 aliphatic heterocycles. The van der Waals surface area contributed by atoms with E-state index < -0.39 is 103 Å². The quantitative estimate of drug-likeness (QED) is 0.0169. The largest absolute Gasteiger partial charge is 0.455 e. The third kappa shape index (κ3) is 36.5. The minimum Gasteiger partial charge on any atom is -0.455 e. The van der Waals surface area contributed by atoms with Crippen LogP contribution in [0.1, 0.15) is 306 Å². The fourth-order valence-electron chi connectivity index (χ4n) is 13.8. The van der Waals surface area contributed by atoms with Crippen molar-refractivity contribution in [3.63, 3.8) is 0 Å². The van der Waals surface area contributed by atoms with E-state index in [0.717, 1.165) is 70.6 Å². The molecule has 0 unspecified atom stereocenters. The highest BCUT2D eigenvalue weighted by Gasteiger charge is 2.55. The lowest BCUT2D eigenvalue weighted by Gasteiger charge is -2.46. The molecule has 0 aromatic rings. The highest BCUT2D eigenvalue weighted by atomic mass is 32.3. The van der Waals surface area contributed by atoms with Crippen LogP contribution in [0.2, 0.25) is 0 Å². The highest BCUT2D eigenvalue weighted by molar-refractivity contribution is 7.80. The number of unbranched alkanes of at least 4 members (excludes halogenated alkanes) is 28. The number of ether oxygens (including phenoxy) is 5. The first-order chi connectivity index (χ1) is 41.5. The topological polar surface area (TPSA) is 265 Å². The van der Waals surface area contributed by atoms with Crippen LogP contribution in [0, 0.1) is 41.4 Å². The van der Waals surface area contributed by atoms with Crippen molar-refractivity contribution >= 4 is 22.3 Å². The first kappa shape index (κ1) is 81.5. The fourth-order valence-corrected chi connectivity index (χ4v) is 14.3. The molecule has 2 saturated heterocycles. The lowest BCUT2D eigenvalue weighted by molar-refractivity contribution is -0.374. The molecule has 18 heteroatoms. The van der Waals surface area contributed by atoms with Crippen molar-refractivity contribution in [1.82, 2.24) is 0 Å². The second kappa shape index (κ2) is 48.2. The van der Waals surface area contributed by atoms with Crippen LogP contribution in [-0.2, 0) is 47.9 Å². The van der Waals surface area contributed by atoms with Gasteiger partial charge in [-0.15, -0.1) is 0 Å². The summed E-state index contributed by atoms with van der Waals surface area (Å²) in [4.78, 5) is 27.7. The summed E-state index contributed by atoms with van der Waals surface area (Å²) >= 11 is 0. The summed E-state index contributed by atoms with van der Waals surface area (Å²) in [6.45, 7) is 18.0. The van der Waals surface area contributed by atoms with Gasteiger partial charge in [0.2, 0.25) is 6.29 Å². The Morgan fingerprint density at radius 2 is 0.805 bits per heavy atom. The Hall–Kier alpha value is -1.55. The maximum atomic E-state index is 14.2. The van der Waals surface area contributed by atoms with E-state index in [1.165, 1.54) is 154 Å². The second-order valence-corrected chi connectivity index (χ2v) is 28.8. The number of carbonyl (C=O) groups excluding carboxylic acids is 2. The summed E-state index contributed by atoms with van der Waals surface area (Å²) in [5.41, 5.74) is 0. The molecule has 18 atom stereocenters. The van der Waals surface area contributed by atoms with Crippen molar-refractivity contribution in [2.75, 3.05) is 13.2 Å². The smallest absolute Gasteiger partial charge is 0.397 e. The van der Waals surface area contributed by atoms with Crippen molar-refractivity contribution in [3.8, 4) is 0 Å². The van der Waals surface area contributed by atoms with Gasteiger partial charge in [0.1, 0.15) is 30.5 Å². The van der Waals surface area contributed by atoms with Crippen LogP contribution in [0.15, 0.2) is 0 Å². The van der Waals surface area contributed by atoms with Gasteiger partial charge < -0.3 is 54.3 Å². The van der Waals surface area contributed by atoms with Crippen molar-refractivity contribution in [2.24, 2.45) is 41.4 Å². The van der Waals surface area contributed by atoms with Crippen molar-refractivity contribution in [1.29, 1.82) is 0 Å². The van der Waals surface area contributed by atoms with Gasteiger partial charge in [-0.3, -0.25) is 14.1 Å². The van der Waals surface area contributed by atoms with Gasteiger partial charge in [-0.1, -0.05) is 249 Å². The minimum absolute atomic E-state index is 0.0245. The first-order valence-corrected chi connectivity index (χ1v) is 36.9. The zero-order valence-corrected chi connectivity index (χ0v) is 57.1. The maximum Gasteiger partial charge on any atom is 0.397 e. The summed E-state index contributed by atoms with van der Waals surface area (Å²) in [7, 11) is -5.33. The summed E-state index contributed by atoms with van der Waals surface area (Å²) < 4.78 is 67.6. The number of hydrogen-bond donors (Lipinski definition) is 7. The molecule has 0 aromatic heterocycles. The molecule has 0 spiro atoms. The Bertz CT molecular complexity index is 1810. The van der Waals surface area contributed by atoms with E-state index in [4.69, 9.17) is 23.7 Å². The SMILES string of the molecule is CCCCCCCCCCCCCCCCCC(=O)O[C@@H]1[C@@H](O)[C@H](CO)O[C@@H](O[C@H]2O[C@H](CO)[C@@H](O)[C@H](O)[C@H]2OS(=O)(=O)O)[C@H]1OC(=O)[C@H](C)C[C@@H](C)C[C@@H](C)C[C@@H](C)C[C@@H](C)C[C@@H](C)C[C@@H](C)[C@@H](O)CCCCCCCCCCCCCCCCC. The molecule has 2 aliphatic rings. The Morgan fingerprint density at radius 3 is 1.21 bits per heavy atom. The summed E-state index contributed by atoms with van der Waals surface area (Å²) in [6, 6.07) is 0. The molecule has 516 valence electrons. The van der Waals surface area contributed by atoms with Gasteiger partial charge >= 0.3 is 22.3 Å². The molecular weight excluding hydrogens is 1130 g/mol. The first-order valence-electron chi connectivity index (χ1n) is 35.5. The van der Waals surface area contributed by atoms with Gasteiger partial charge in [0.15, 0.2) is 24.6 Å². The van der Waals surface area contributed by atoms with E-state index in [1.54, 1.807) is 6.92 Å². The molecule has 87 heavy (non-hydrogen) atoms. The van der Waals surface area contributed by atoms with Crippen molar-refractivity contribution < 1.29 is 81.1 Å². The van der Waals surface area contributed by atoms with Crippen LogP contribution < -0.4 is 0 Å². The van der Waals surface area contributed by atoms with Crippen molar-refractivity contribution in [2.45, 2.75) is 374 Å². The Labute approximate surface area is 529 Å². The average molecular weight is 1270 g/mol. The van der Waals surface area contributed by atoms with Gasteiger partial charge in [-0.05, 0) is 86.9 Å². The molecule has 2 rings (SSSR count). The van der Waals surface area contributed by atoms with E-state index in [-0.39, 0.29) is 24.4 Å². The van der Waals surface area contributed by atoms with Gasteiger partial charge in [-0.25, -0.2) is 4.18 Å². The van der Waals surface area contributed by atoms with Gasteiger partial charge in [0.05, 0.1) is 25.2 Å². The zero-order chi connectivity index (χ0) is 64.6. The number of aliphatic hydroxyl groups is 6. The van der Waals surface area contributed by atoms with E-state index >= 15 is 0 Å². The Balaban J connectivity index is 1.96. The third-order valence-corrected chi connectivity index (χ3v) is 19.0. The number of esters is 2. The van der Waals surface area contributed by atoms with Crippen LogP contribution in [0.5, 0.6) is 0 Å². The van der Waals surface area contributed by atoms with Gasteiger partial charge in [0.25, 0.3) is 0 Å². The molecule has 2 fully saturated rings. The molecule has 17 nitrogen and oxygen atoms in total. The molecule has 0 saturated carbocycles. The summed E-state index contributed by atoms with van der Waals surface area (Å²) in [5.74, 6) is 0.0434. The minimum atomic E-state index is -5.33. The molecule has 0 aliphatic carbocycles. The maximum absolute atomic E-state index is 14.2. The molecule has 0 aromatic carbocycles. The van der Waals surface area contributed by atoms with Crippen LogP contribution >= 0.6 is 0 Å². The van der Waals surface area contributed by atoms with Crippen molar-refractivity contribution in [3.05, 3.63) is 0 Å². The third-order valence-electron chi connectivity index (χ3n) is 18.5. The van der Waals surface area contributed by atoms with Gasteiger partial charge in [0, 0.05) is 6.42 Å². The van der Waals surface area contributed by atoms with E-state index in [2.05, 4.69) is 59.6 Å². The zero-order valence-electron chi connectivity index (χ0n) is 56.3. The Kier molecular flexibility index (Phi) is 45.2. The van der Waals surface area contributed by atoms with Crippen LogP contribution in [0.25, 0.3) is 0 Å². The molecule has 7 N–H and O–H groups in total. The number of hydrogen-bond acceptors (Lipinski definition) is 16. The summed E-state index contributed by atoms with van der Waals surface area (Å²) in [6.07, 6.45) is 24.9. The molecule has 0 radical (unpaired) electrons. The van der Waals surface area contributed by atoms with Crippen LogP contribution in [-0.4, -0.2) is 136 Å². The number of carbonyl (C=O) groups is 2. The normalized spacial score (nSPS) is 25.5. The highest BCUT2D eigenvalue weighted by Crippen LogP contribution is 2.35. The average Bonchev–Trinajstić information content (AvgIpc) is 1.02. The molecule has 2 heterocycles. The van der Waals surface area contributed by atoms with Crippen LogP contribution in [0.4, 0.5) is 0 Å². The molecular formula is C69H132O17S. The lowest BCUT2D eigenvalue weighted by atomic mass is 9.80. The second-order valence-electron chi connectivity index (χ2n) is 27.7. The van der Waals surface area contributed by atoms with Crippen LogP contribution in [0.3, 0.4) is 0 Å². The standard InChI is InChI=1S/C69H132O17S/c1-10-12-14-16-18-20-22-24-26-28-30-32-34-36-38-40-57(72)55(8)46-53(6)44-51(4)42-50(3)43-52(5)45-54(7)47-56(9)67(77)84-66-64(83-60(73)41-39-37-35-33-31-29-27-25-23-21-19-17-15-13-11-2)62(75)59(49-71)82-69(66)85-68-65(86-87(78,79)80)63(76)61(74)58(48-70)81-68/h50-59,61-66,68-72,74-76H,10-49H2,1-9H3,(H,78,79,80)/t50-,51+,52-,53+,54-,55+,56+,57-,58+,59-,61+,62-,63-,64+,65+,66-,68+,69-/m0/s1. The molecule has 0 amide bonds. The Morgan fingerprint density at radius 1 is 0.448 bits per heavy atom. The number of aliphatic hydroxyl groups excluding tert-OH is 6. The number of rotatable bonds is 54.